The molecule has 0 aromatic carbocycles. The largest absolute Gasteiger partial charge is 0.480 e. The first-order chi connectivity index (χ1) is 30.9. The van der Waals surface area contributed by atoms with E-state index < -0.39 is 146 Å². The molecule has 374 valence electrons. The molecule has 0 aromatic heterocycles. The van der Waals surface area contributed by atoms with Crippen LogP contribution in [0.5, 0.6) is 0 Å². The van der Waals surface area contributed by atoms with E-state index in [1.54, 1.807) is 34.0 Å². The van der Waals surface area contributed by atoms with Crippen LogP contribution in [0.3, 0.4) is 0 Å². The second-order valence-electron chi connectivity index (χ2n) is 16.6. The highest BCUT2D eigenvalue weighted by Gasteiger charge is 2.39. The van der Waals surface area contributed by atoms with Gasteiger partial charge in [-0.15, -0.1) is 0 Å². The molecule has 1 aliphatic heterocycles. The van der Waals surface area contributed by atoms with Crippen molar-refractivity contribution in [2.45, 2.75) is 122 Å². The summed E-state index contributed by atoms with van der Waals surface area (Å²) < 4.78 is 0. The Balaban J connectivity index is 2.83. The molecule has 1 heterocycles. The second kappa shape index (κ2) is 29.8. The maximum atomic E-state index is 13.9. The number of nitrogens with zero attached hydrogens (tertiary/aromatic N) is 1. The summed E-state index contributed by atoms with van der Waals surface area (Å²) in [5, 5.41) is 49.4. The van der Waals surface area contributed by atoms with Crippen LogP contribution in [0.4, 0.5) is 0 Å². The van der Waals surface area contributed by atoms with Crippen LogP contribution in [0.25, 0.3) is 0 Å². The van der Waals surface area contributed by atoms with E-state index in [4.69, 9.17) is 10.8 Å². The molecule has 1 rings (SSSR count). The molecule has 0 aliphatic carbocycles. The molecular weight excluding hydrogens is 891 g/mol. The summed E-state index contributed by atoms with van der Waals surface area (Å²) in [4.78, 5) is 141. The van der Waals surface area contributed by atoms with Crippen molar-refractivity contribution >= 4 is 76.8 Å². The average Bonchev–Trinajstić information content (AvgIpc) is 3.76. The maximum Gasteiger partial charge on any atom is 0.326 e. The third kappa shape index (κ3) is 21.1. The average molecular weight is 960 g/mol. The highest BCUT2D eigenvalue weighted by atomic mass is 32.2. The van der Waals surface area contributed by atoms with Crippen molar-refractivity contribution in [1.82, 2.24) is 52.8 Å². The van der Waals surface area contributed by atoms with E-state index in [1.165, 1.54) is 30.5 Å². The van der Waals surface area contributed by atoms with Gasteiger partial charge in [0.2, 0.25) is 59.1 Å². The van der Waals surface area contributed by atoms with Crippen LogP contribution in [0.1, 0.15) is 73.6 Å². The van der Waals surface area contributed by atoms with Crippen LogP contribution in [0.2, 0.25) is 0 Å². The lowest BCUT2D eigenvalue weighted by atomic mass is 10.0. The zero-order valence-electron chi connectivity index (χ0n) is 38.5. The summed E-state index contributed by atoms with van der Waals surface area (Å²) in [5.74, 6) is -8.54. The van der Waals surface area contributed by atoms with E-state index in [2.05, 4.69) is 47.9 Å². The minimum Gasteiger partial charge on any atom is -0.480 e. The number of hydrogen-bond acceptors (Lipinski definition) is 15. The number of aliphatic hydroxyl groups is 2. The SMILES string of the molecule is CSCCC(NC(=O)CNC(=O)C(CO)NC(=O)C(N)CO)C(=O)N1CCCC1C(=O)NC(CC(C)C)C(=O)NCC(=O)NC(C)C(=O)NC(C)C(=O)NCC(=O)NC(CC(C)C)C(=O)O. The van der Waals surface area contributed by atoms with Crippen LogP contribution in [-0.4, -0.2) is 185 Å². The van der Waals surface area contributed by atoms with Crippen LogP contribution in [0, 0.1) is 11.8 Å². The van der Waals surface area contributed by atoms with Crippen LogP contribution in [0.15, 0.2) is 0 Å². The van der Waals surface area contributed by atoms with Gasteiger partial charge in [-0.3, -0.25) is 47.9 Å². The number of nitrogens with two attached hydrogens (primary N) is 1. The summed E-state index contributed by atoms with van der Waals surface area (Å²) in [6, 6.07) is -9.58. The number of carbonyl (C=O) groups is 11. The Labute approximate surface area is 387 Å². The van der Waals surface area contributed by atoms with E-state index in [1.807, 2.05) is 0 Å². The number of hydrogen-bond donors (Lipinski definition) is 13. The van der Waals surface area contributed by atoms with Gasteiger partial charge in [-0.2, -0.15) is 11.8 Å². The highest BCUT2D eigenvalue weighted by Crippen LogP contribution is 2.21. The standard InChI is InChI=1S/C40H69N11O14S/c1-20(2)13-26(36(60)43-15-30(54)45-23(6)34(58)46-22(5)33(57)42-16-32(56)48-27(40(64)65)14-21(3)4)49-38(62)29-9-8-11-51(29)39(63)25(10-12-66-7)47-31(55)17-44-37(61)28(19-53)50-35(59)24(41)18-52/h20-29,52-53H,8-19,41H2,1-7H3,(H,42,57)(H,43,60)(H,44,61)(H,45,54)(H,46,58)(H,47,55)(H,48,56)(H,49,62)(H,50,59)(H,64,65). The van der Waals surface area contributed by atoms with Gasteiger partial charge in [0.25, 0.3) is 0 Å². The lowest BCUT2D eigenvalue weighted by Crippen LogP contribution is -2.58. The number of nitrogens with one attached hydrogen (secondary N) is 9. The van der Waals surface area contributed by atoms with Gasteiger partial charge in [0, 0.05) is 6.54 Å². The Bertz CT molecular complexity index is 1720. The summed E-state index contributed by atoms with van der Waals surface area (Å²) in [6.07, 6.45) is 2.94. The first-order valence-electron chi connectivity index (χ1n) is 21.6. The van der Waals surface area contributed by atoms with Gasteiger partial charge >= 0.3 is 5.97 Å². The molecule has 8 atom stereocenters. The molecule has 0 bridgehead atoms. The van der Waals surface area contributed by atoms with E-state index in [9.17, 15) is 63.0 Å². The maximum absolute atomic E-state index is 13.9. The van der Waals surface area contributed by atoms with Gasteiger partial charge in [0.1, 0.15) is 48.3 Å². The van der Waals surface area contributed by atoms with E-state index in [0.29, 0.717) is 12.2 Å². The zero-order valence-corrected chi connectivity index (χ0v) is 39.3. The van der Waals surface area contributed by atoms with Crippen molar-refractivity contribution in [2.75, 3.05) is 51.4 Å². The quantitative estimate of drug-likeness (QED) is 0.0333. The Morgan fingerprint density at radius 3 is 1.62 bits per heavy atom. The molecule has 25 nitrogen and oxygen atoms in total. The number of amides is 10. The molecule has 1 saturated heterocycles. The summed E-state index contributed by atoms with van der Waals surface area (Å²) >= 11 is 1.40. The third-order valence-electron chi connectivity index (χ3n) is 9.90. The molecule has 0 saturated carbocycles. The lowest BCUT2D eigenvalue weighted by Gasteiger charge is -2.30. The number of carboxylic acid groups (broad SMARTS) is 1. The number of thioether (sulfide) groups is 1. The van der Waals surface area contributed by atoms with Crippen molar-refractivity contribution in [2.24, 2.45) is 17.6 Å². The van der Waals surface area contributed by atoms with E-state index in [0.717, 1.165) is 0 Å². The smallest absolute Gasteiger partial charge is 0.326 e. The van der Waals surface area contributed by atoms with Gasteiger partial charge in [-0.05, 0) is 69.8 Å². The molecule has 1 fully saturated rings. The first-order valence-corrected chi connectivity index (χ1v) is 23.0. The fourth-order valence-electron chi connectivity index (χ4n) is 6.37. The number of carboxylic acids is 1. The predicted molar refractivity (Wildman–Crippen MR) is 238 cm³/mol. The summed E-state index contributed by atoms with van der Waals surface area (Å²) in [7, 11) is 0. The van der Waals surface area contributed by atoms with Gasteiger partial charge in [-0.25, -0.2) is 4.79 Å². The minimum atomic E-state index is -1.48. The third-order valence-corrected chi connectivity index (χ3v) is 10.5. The van der Waals surface area contributed by atoms with Gasteiger partial charge in [0.05, 0.1) is 32.8 Å². The van der Waals surface area contributed by atoms with Crippen molar-refractivity contribution in [3.8, 4) is 0 Å². The zero-order chi connectivity index (χ0) is 50.3. The van der Waals surface area contributed by atoms with Crippen molar-refractivity contribution in [3.05, 3.63) is 0 Å². The Morgan fingerprint density at radius 1 is 0.606 bits per heavy atom. The molecule has 1 aliphatic rings. The highest BCUT2D eigenvalue weighted by molar-refractivity contribution is 7.98. The van der Waals surface area contributed by atoms with Crippen LogP contribution >= 0.6 is 11.8 Å². The molecule has 0 spiro atoms. The fraction of sp³-hybridized carbons (Fsp3) is 0.725. The number of aliphatic carboxylic acids is 1. The summed E-state index contributed by atoms with van der Waals surface area (Å²) in [6.45, 7) is 6.67. The minimum absolute atomic E-state index is 0.0168. The monoisotopic (exact) mass is 959 g/mol. The van der Waals surface area contributed by atoms with Gasteiger partial charge in [0.15, 0.2) is 0 Å². The Hall–Kier alpha value is -5.60. The molecular formula is C40H69N11O14S. The number of rotatable bonds is 29. The van der Waals surface area contributed by atoms with E-state index in [-0.39, 0.29) is 44.1 Å². The van der Waals surface area contributed by atoms with Crippen molar-refractivity contribution in [3.63, 3.8) is 0 Å². The lowest BCUT2D eigenvalue weighted by molar-refractivity contribution is -0.142. The molecule has 8 unspecified atom stereocenters. The Morgan fingerprint density at radius 2 is 1.11 bits per heavy atom. The molecule has 14 N–H and O–H groups in total. The number of likely N-dealkylation sites (tertiary alicyclic amines) is 1. The van der Waals surface area contributed by atoms with Crippen LogP contribution < -0.4 is 53.6 Å². The predicted octanol–water partition coefficient (Wildman–Crippen LogP) is -5.48. The molecule has 0 radical (unpaired) electrons. The number of aliphatic hydroxyl groups excluding tert-OH is 2. The van der Waals surface area contributed by atoms with E-state index >= 15 is 0 Å². The first kappa shape index (κ1) is 58.4. The second-order valence-corrected chi connectivity index (χ2v) is 17.6. The summed E-state index contributed by atoms with van der Waals surface area (Å²) in [5.41, 5.74) is 5.42. The van der Waals surface area contributed by atoms with Crippen molar-refractivity contribution in [1.29, 1.82) is 0 Å². The fourth-order valence-corrected chi connectivity index (χ4v) is 6.84. The molecule has 0 aromatic rings. The van der Waals surface area contributed by atoms with Gasteiger partial charge in [-0.1, -0.05) is 27.7 Å². The molecule has 26 heteroatoms. The van der Waals surface area contributed by atoms with Crippen molar-refractivity contribution < 1.29 is 68.1 Å². The Kier molecular flexibility index (Phi) is 26.4. The van der Waals surface area contributed by atoms with Crippen LogP contribution in [-0.2, 0) is 52.7 Å². The topological polar surface area (TPSA) is 386 Å². The molecule has 66 heavy (non-hydrogen) atoms. The normalized spacial score (nSPS) is 16.5. The van der Waals surface area contributed by atoms with Gasteiger partial charge < -0.3 is 73.8 Å². The molecule has 10 amide bonds. The number of carbonyl (C=O) groups excluding carboxylic acids is 10.